The van der Waals surface area contributed by atoms with Crippen molar-refractivity contribution in [2.75, 3.05) is 32.5 Å². The minimum absolute atomic E-state index is 0.0187. The molecule has 1 fully saturated rings. The normalized spacial score (nSPS) is 17.1. The maximum absolute atomic E-state index is 11.0. The van der Waals surface area contributed by atoms with Crippen molar-refractivity contribution in [3.63, 3.8) is 0 Å². The molecule has 1 aromatic carbocycles. The van der Waals surface area contributed by atoms with Gasteiger partial charge in [0.2, 0.25) is 0 Å². The molecule has 0 radical (unpaired) electrons. The van der Waals surface area contributed by atoms with Crippen LogP contribution in [0.4, 0.5) is 11.4 Å². The Hall–Kier alpha value is -0.980. The van der Waals surface area contributed by atoms with E-state index in [2.05, 4.69) is 17.3 Å². The summed E-state index contributed by atoms with van der Waals surface area (Å²) in [7, 11) is 3.77. The number of hydrogen-bond donors (Lipinski definition) is 1. The molecular formula is C13H18ClN3O2S. The summed E-state index contributed by atoms with van der Waals surface area (Å²) in [6, 6.07) is 3.28. The zero-order valence-corrected chi connectivity index (χ0v) is 13.1. The minimum Gasteiger partial charge on any atom is -0.381 e. The summed E-state index contributed by atoms with van der Waals surface area (Å²) in [6.07, 6.45) is 2.23. The van der Waals surface area contributed by atoms with E-state index in [1.165, 1.54) is 6.07 Å². The molecule has 0 amide bonds. The van der Waals surface area contributed by atoms with Crippen molar-refractivity contribution in [3.8, 4) is 0 Å². The van der Waals surface area contributed by atoms with Crippen LogP contribution in [-0.4, -0.2) is 42.3 Å². The lowest BCUT2D eigenvalue weighted by Crippen LogP contribution is -2.31. The number of nitrogens with zero attached hydrogens (tertiary/aromatic N) is 2. The van der Waals surface area contributed by atoms with Crippen molar-refractivity contribution < 1.29 is 4.92 Å². The van der Waals surface area contributed by atoms with Gasteiger partial charge in [-0.25, -0.2) is 0 Å². The van der Waals surface area contributed by atoms with Crippen LogP contribution < -0.4 is 5.32 Å². The first-order valence-electron chi connectivity index (χ1n) is 6.52. The topological polar surface area (TPSA) is 58.4 Å². The van der Waals surface area contributed by atoms with Gasteiger partial charge in [0.1, 0.15) is 5.69 Å². The number of piperidine rings is 1. The Bertz CT molecular complexity index is 505. The van der Waals surface area contributed by atoms with Crippen molar-refractivity contribution in [3.05, 3.63) is 27.3 Å². The average molecular weight is 316 g/mol. The van der Waals surface area contributed by atoms with Crippen molar-refractivity contribution in [1.82, 2.24) is 4.90 Å². The largest absolute Gasteiger partial charge is 0.381 e. The third-order valence-corrected chi connectivity index (χ3v) is 5.39. The SMILES string of the molecule is CNc1c([N+](=O)[O-])ccc(SC2CCN(C)CC2)c1Cl. The van der Waals surface area contributed by atoms with Gasteiger partial charge < -0.3 is 10.2 Å². The van der Waals surface area contributed by atoms with Crippen LogP contribution in [0.25, 0.3) is 0 Å². The third kappa shape index (κ3) is 3.37. The average Bonchev–Trinajstić information content (AvgIpc) is 2.43. The van der Waals surface area contributed by atoms with Gasteiger partial charge in [-0.1, -0.05) is 11.6 Å². The number of rotatable bonds is 4. The molecule has 0 unspecified atom stereocenters. The lowest BCUT2D eigenvalue weighted by Gasteiger charge is -2.28. The van der Waals surface area contributed by atoms with Crippen LogP contribution in [0.3, 0.4) is 0 Å². The van der Waals surface area contributed by atoms with E-state index in [4.69, 9.17) is 11.6 Å². The number of thioether (sulfide) groups is 1. The standard InChI is InChI=1S/C13H18ClN3O2S/c1-15-13-10(17(18)19)3-4-11(12(13)14)20-9-5-7-16(2)8-6-9/h3-4,9,15H,5-8H2,1-2H3. The molecule has 5 nitrogen and oxygen atoms in total. The fraction of sp³-hybridized carbons (Fsp3) is 0.538. The molecule has 20 heavy (non-hydrogen) atoms. The van der Waals surface area contributed by atoms with E-state index < -0.39 is 4.92 Å². The number of nitro groups is 1. The zero-order chi connectivity index (χ0) is 14.7. The number of benzene rings is 1. The molecule has 110 valence electrons. The first-order chi connectivity index (χ1) is 9.52. The molecule has 1 N–H and O–H groups in total. The van der Waals surface area contributed by atoms with Crippen molar-refractivity contribution in [1.29, 1.82) is 0 Å². The highest BCUT2D eigenvalue weighted by atomic mass is 35.5. The lowest BCUT2D eigenvalue weighted by atomic mass is 10.1. The summed E-state index contributed by atoms with van der Waals surface area (Å²) >= 11 is 8.03. The maximum Gasteiger partial charge on any atom is 0.293 e. The molecule has 1 heterocycles. The molecule has 2 rings (SSSR count). The lowest BCUT2D eigenvalue weighted by molar-refractivity contribution is -0.384. The van der Waals surface area contributed by atoms with Crippen molar-refractivity contribution in [2.45, 2.75) is 23.0 Å². The molecule has 0 saturated carbocycles. The molecule has 0 atom stereocenters. The minimum atomic E-state index is -0.415. The number of halogens is 1. The number of nitro benzene ring substituents is 1. The Morgan fingerprint density at radius 1 is 1.45 bits per heavy atom. The van der Waals surface area contributed by atoms with Crippen LogP contribution >= 0.6 is 23.4 Å². The Kier molecular flexibility index (Phi) is 5.12. The van der Waals surface area contributed by atoms with E-state index in [9.17, 15) is 10.1 Å². The quantitative estimate of drug-likeness (QED) is 0.681. The highest BCUT2D eigenvalue weighted by molar-refractivity contribution is 8.00. The van der Waals surface area contributed by atoms with E-state index in [1.54, 1.807) is 24.9 Å². The number of anilines is 1. The fourth-order valence-electron chi connectivity index (χ4n) is 2.31. The molecule has 1 aliphatic heterocycles. The maximum atomic E-state index is 11.0. The van der Waals surface area contributed by atoms with Crippen LogP contribution in [0.5, 0.6) is 0 Å². The monoisotopic (exact) mass is 315 g/mol. The Labute approximate surface area is 127 Å². The van der Waals surface area contributed by atoms with Crippen LogP contribution in [0.15, 0.2) is 17.0 Å². The second-order valence-electron chi connectivity index (χ2n) is 4.90. The van der Waals surface area contributed by atoms with Crippen LogP contribution in [0, 0.1) is 10.1 Å². The van der Waals surface area contributed by atoms with Crippen molar-refractivity contribution >= 4 is 34.7 Å². The molecular weight excluding hydrogens is 298 g/mol. The Morgan fingerprint density at radius 2 is 2.10 bits per heavy atom. The van der Waals surface area contributed by atoms with E-state index in [0.717, 1.165) is 30.8 Å². The van der Waals surface area contributed by atoms with Crippen molar-refractivity contribution in [2.24, 2.45) is 0 Å². The molecule has 0 bridgehead atoms. The van der Waals surface area contributed by atoms with Crippen LogP contribution in [0.2, 0.25) is 5.02 Å². The Morgan fingerprint density at radius 3 is 2.65 bits per heavy atom. The van der Waals surface area contributed by atoms with Gasteiger partial charge in [-0.2, -0.15) is 0 Å². The summed E-state index contributed by atoms with van der Waals surface area (Å²) in [5.74, 6) is 0. The highest BCUT2D eigenvalue weighted by Crippen LogP contribution is 2.42. The summed E-state index contributed by atoms with van der Waals surface area (Å²) in [6.45, 7) is 2.17. The molecule has 0 aliphatic carbocycles. The molecule has 7 heteroatoms. The van der Waals surface area contributed by atoms with Gasteiger partial charge in [-0.3, -0.25) is 10.1 Å². The summed E-state index contributed by atoms with van der Waals surface area (Å²) < 4.78 is 0. The van der Waals surface area contributed by atoms with Gasteiger partial charge in [-0.05, 0) is 39.0 Å². The molecule has 0 aromatic heterocycles. The first kappa shape index (κ1) is 15.4. The fourth-order valence-corrected chi connectivity index (χ4v) is 3.86. The summed E-state index contributed by atoms with van der Waals surface area (Å²) in [5.41, 5.74) is 0.417. The van der Waals surface area contributed by atoms with E-state index in [-0.39, 0.29) is 5.69 Å². The predicted octanol–water partition coefficient (Wildman–Crippen LogP) is 3.48. The number of nitrogens with one attached hydrogen (secondary N) is 1. The Balaban J connectivity index is 2.18. The molecule has 1 aromatic rings. The van der Waals surface area contributed by atoms with Gasteiger partial charge in [0.25, 0.3) is 5.69 Å². The van der Waals surface area contributed by atoms with Crippen LogP contribution in [-0.2, 0) is 0 Å². The third-order valence-electron chi connectivity index (χ3n) is 3.49. The highest BCUT2D eigenvalue weighted by Gasteiger charge is 2.23. The first-order valence-corrected chi connectivity index (χ1v) is 7.78. The number of likely N-dealkylation sites (tertiary alicyclic amines) is 1. The van der Waals surface area contributed by atoms with Gasteiger partial charge >= 0.3 is 0 Å². The van der Waals surface area contributed by atoms with Gasteiger partial charge in [0.15, 0.2) is 0 Å². The van der Waals surface area contributed by atoms with Gasteiger partial charge in [-0.15, -0.1) is 11.8 Å². The smallest absolute Gasteiger partial charge is 0.293 e. The van der Waals surface area contributed by atoms with E-state index in [1.807, 2.05) is 0 Å². The van der Waals surface area contributed by atoms with E-state index >= 15 is 0 Å². The second kappa shape index (κ2) is 6.65. The zero-order valence-electron chi connectivity index (χ0n) is 11.6. The van der Waals surface area contributed by atoms with Gasteiger partial charge in [0, 0.05) is 23.3 Å². The molecule has 1 aliphatic rings. The summed E-state index contributed by atoms with van der Waals surface area (Å²) in [4.78, 5) is 13.8. The molecule has 1 saturated heterocycles. The van der Waals surface area contributed by atoms with Gasteiger partial charge in [0.05, 0.1) is 9.95 Å². The predicted molar refractivity (Wildman–Crippen MR) is 84.0 cm³/mol. The second-order valence-corrected chi connectivity index (χ2v) is 6.62. The van der Waals surface area contributed by atoms with E-state index in [0.29, 0.717) is 16.0 Å². The van der Waals surface area contributed by atoms with Crippen LogP contribution in [0.1, 0.15) is 12.8 Å². The summed E-state index contributed by atoms with van der Waals surface area (Å²) in [5, 5.41) is 14.8. The number of hydrogen-bond acceptors (Lipinski definition) is 5. The molecule has 0 spiro atoms.